The van der Waals surface area contributed by atoms with E-state index in [0.717, 1.165) is 11.3 Å². The van der Waals surface area contributed by atoms with Gasteiger partial charge in [-0.05, 0) is 38.1 Å². The number of nitrogens with one attached hydrogen (secondary N) is 1. The molecule has 0 aliphatic heterocycles. The van der Waals surface area contributed by atoms with Gasteiger partial charge in [-0.3, -0.25) is 4.79 Å². The summed E-state index contributed by atoms with van der Waals surface area (Å²) >= 11 is 0. The van der Waals surface area contributed by atoms with E-state index in [1.54, 1.807) is 0 Å². The van der Waals surface area contributed by atoms with E-state index in [4.69, 9.17) is 10.5 Å². The summed E-state index contributed by atoms with van der Waals surface area (Å²) in [6.45, 7) is 3.91. The number of aromatic amines is 1. The lowest BCUT2D eigenvalue weighted by Crippen LogP contribution is -2.12. The van der Waals surface area contributed by atoms with Gasteiger partial charge in [-0.25, -0.2) is 0 Å². The molecule has 6 nitrogen and oxygen atoms in total. The minimum Gasteiger partial charge on any atom is -0.491 e. The monoisotopic (exact) mass is 246 g/mol. The van der Waals surface area contributed by atoms with Crippen LogP contribution in [0.25, 0.3) is 11.3 Å². The van der Waals surface area contributed by atoms with Gasteiger partial charge in [-0.1, -0.05) is 0 Å². The van der Waals surface area contributed by atoms with E-state index in [2.05, 4.69) is 15.4 Å². The van der Waals surface area contributed by atoms with Crippen LogP contribution in [0.5, 0.6) is 5.75 Å². The molecule has 2 rings (SSSR count). The molecule has 0 saturated heterocycles. The molecule has 1 heterocycles. The maximum Gasteiger partial charge on any atom is 0.271 e. The fraction of sp³-hybridized carbons (Fsp3) is 0.250. The fourth-order valence-electron chi connectivity index (χ4n) is 1.57. The molecule has 0 spiro atoms. The van der Waals surface area contributed by atoms with Crippen LogP contribution in [0.4, 0.5) is 0 Å². The van der Waals surface area contributed by atoms with Crippen LogP contribution in [0, 0.1) is 0 Å². The van der Waals surface area contributed by atoms with E-state index < -0.39 is 5.91 Å². The van der Waals surface area contributed by atoms with E-state index in [1.165, 1.54) is 0 Å². The van der Waals surface area contributed by atoms with Gasteiger partial charge in [-0.2, -0.15) is 15.4 Å². The Bertz CT molecular complexity index is 545. The number of nitrogens with zero attached hydrogens (tertiary/aromatic N) is 2. The van der Waals surface area contributed by atoms with Crippen molar-refractivity contribution in [2.24, 2.45) is 5.73 Å². The minimum absolute atomic E-state index is 0.115. The highest BCUT2D eigenvalue weighted by Gasteiger charge is 2.14. The van der Waals surface area contributed by atoms with Crippen LogP contribution in [-0.2, 0) is 0 Å². The lowest BCUT2D eigenvalue weighted by molar-refractivity contribution is 0.0996. The molecule has 3 N–H and O–H groups in total. The van der Waals surface area contributed by atoms with Gasteiger partial charge in [0.25, 0.3) is 5.91 Å². The van der Waals surface area contributed by atoms with Gasteiger partial charge >= 0.3 is 0 Å². The van der Waals surface area contributed by atoms with Crippen LogP contribution in [-0.4, -0.2) is 27.4 Å². The summed E-state index contributed by atoms with van der Waals surface area (Å²) in [4.78, 5) is 11.1. The summed E-state index contributed by atoms with van der Waals surface area (Å²) in [6.07, 6.45) is 0.115. The van der Waals surface area contributed by atoms with Gasteiger partial charge < -0.3 is 10.5 Å². The van der Waals surface area contributed by atoms with Gasteiger partial charge in [0.1, 0.15) is 11.4 Å². The van der Waals surface area contributed by atoms with Crippen LogP contribution in [0.1, 0.15) is 24.3 Å². The van der Waals surface area contributed by atoms with Crippen molar-refractivity contribution in [3.05, 3.63) is 30.0 Å². The Morgan fingerprint density at radius 3 is 2.50 bits per heavy atom. The topological polar surface area (TPSA) is 93.9 Å². The normalized spacial score (nSPS) is 10.6. The smallest absolute Gasteiger partial charge is 0.271 e. The van der Waals surface area contributed by atoms with Crippen LogP contribution in [0.15, 0.2) is 24.3 Å². The quantitative estimate of drug-likeness (QED) is 0.851. The number of rotatable bonds is 4. The SMILES string of the molecule is CC(C)Oc1ccc(-c2n[nH]nc2C(N)=O)cc1. The molecule has 94 valence electrons. The first-order valence-electron chi connectivity index (χ1n) is 5.55. The Labute approximate surface area is 104 Å². The van der Waals surface area contributed by atoms with Crippen molar-refractivity contribution in [3.63, 3.8) is 0 Å². The predicted octanol–water partition coefficient (Wildman–Crippen LogP) is 1.36. The van der Waals surface area contributed by atoms with E-state index in [9.17, 15) is 4.79 Å². The maximum absolute atomic E-state index is 11.1. The Kier molecular flexibility index (Phi) is 3.27. The van der Waals surface area contributed by atoms with Crippen molar-refractivity contribution >= 4 is 5.91 Å². The van der Waals surface area contributed by atoms with E-state index >= 15 is 0 Å². The first kappa shape index (κ1) is 12.1. The molecule has 6 heteroatoms. The van der Waals surface area contributed by atoms with Gasteiger partial charge in [0, 0.05) is 5.56 Å². The second-order valence-corrected chi connectivity index (χ2v) is 4.08. The fourth-order valence-corrected chi connectivity index (χ4v) is 1.57. The summed E-state index contributed by atoms with van der Waals surface area (Å²) in [5, 5.41) is 10.0. The third-order valence-corrected chi connectivity index (χ3v) is 2.28. The molecule has 0 radical (unpaired) electrons. The van der Waals surface area contributed by atoms with Gasteiger partial charge in [0.15, 0.2) is 5.69 Å². The average molecular weight is 246 g/mol. The summed E-state index contributed by atoms with van der Waals surface area (Å²) in [5.74, 6) is 0.152. The number of primary amides is 1. The lowest BCUT2D eigenvalue weighted by atomic mass is 10.1. The number of nitrogens with two attached hydrogens (primary N) is 1. The molecular weight excluding hydrogens is 232 g/mol. The van der Waals surface area contributed by atoms with E-state index in [-0.39, 0.29) is 11.8 Å². The van der Waals surface area contributed by atoms with Gasteiger partial charge in [0.05, 0.1) is 6.10 Å². The number of carbonyl (C=O) groups is 1. The average Bonchev–Trinajstić information content (AvgIpc) is 2.78. The number of hydrogen-bond donors (Lipinski definition) is 2. The lowest BCUT2D eigenvalue weighted by Gasteiger charge is -2.09. The highest BCUT2D eigenvalue weighted by Crippen LogP contribution is 2.22. The molecule has 0 bridgehead atoms. The van der Waals surface area contributed by atoms with Crippen molar-refractivity contribution in [1.82, 2.24) is 15.4 Å². The Hall–Kier alpha value is -2.37. The van der Waals surface area contributed by atoms with Crippen LogP contribution >= 0.6 is 0 Å². The molecule has 0 aliphatic carbocycles. The number of ether oxygens (including phenoxy) is 1. The van der Waals surface area contributed by atoms with E-state index in [1.807, 2.05) is 38.1 Å². The molecule has 0 atom stereocenters. The highest BCUT2D eigenvalue weighted by molar-refractivity contribution is 5.96. The number of aromatic nitrogens is 3. The molecule has 1 aromatic carbocycles. The molecule has 18 heavy (non-hydrogen) atoms. The standard InChI is InChI=1S/C12H14N4O2/c1-7(2)18-9-5-3-8(4-6-9)10-11(12(13)17)15-16-14-10/h3-7H,1-2H3,(H2,13,17)(H,14,15,16). The number of amides is 1. The minimum atomic E-state index is -0.610. The number of H-pyrrole nitrogens is 1. The zero-order valence-electron chi connectivity index (χ0n) is 10.2. The highest BCUT2D eigenvalue weighted by atomic mass is 16.5. The van der Waals surface area contributed by atoms with Crippen molar-refractivity contribution in [1.29, 1.82) is 0 Å². The van der Waals surface area contributed by atoms with Crippen LogP contribution in [0.3, 0.4) is 0 Å². The van der Waals surface area contributed by atoms with Crippen molar-refractivity contribution < 1.29 is 9.53 Å². The molecule has 0 saturated carbocycles. The second-order valence-electron chi connectivity index (χ2n) is 4.08. The first-order chi connectivity index (χ1) is 8.58. The zero-order chi connectivity index (χ0) is 13.1. The zero-order valence-corrected chi connectivity index (χ0v) is 10.2. The van der Waals surface area contributed by atoms with Crippen LogP contribution < -0.4 is 10.5 Å². The van der Waals surface area contributed by atoms with E-state index in [0.29, 0.717) is 5.69 Å². The summed E-state index contributed by atoms with van der Waals surface area (Å²) in [6, 6.07) is 7.24. The molecule has 2 aromatic rings. The molecule has 0 unspecified atom stereocenters. The summed E-state index contributed by atoms with van der Waals surface area (Å²) in [5.41, 5.74) is 6.54. The van der Waals surface area contributed by atoms with Crippen molar-refractivity contribution in [3.8, 4) is 17.0 Å². The number of hydrogen-bond acceptors (Lipinski definition) is 4. The molecule has 0 fully saturated rings. The predicted molar refractivity (Wildman–Crippen MR) is 66.1 cm³/mol. The Morgan fingerprint density at radius 1 is 1.28 bits per heavy atom. The third kappa shape index (κ3) is 2.48. The molecule has 1 amide bonds. The molecule has 1 aromatic heterocycles. The second kappa shape index (κ2) is 4.87. The van der Waals surface area contributed by atoms with Crippen molar-refractivity contribution in [2.45, 2.75) is 20.0 Å². The summed E-state index contributed by atoms with van der Waals surface area (Å²) < 4.78 is 5.53. The summed E-state index contributed by atoms with van der Waals surface area (Å²) in [7, 11) is 0. The van der Waals surface area contributed by atoms with Gasteiger partial charge in [-0.15, -0.1) is 0 Å². The third-order valence-electron chi connectivity index (χ3n) is 2.28. The Morgan fingerprint density at radius 2 is 1.94 bits per heavy atom. The molecular formula is C12H14N4O2. The van der Waals surface area contributed by atoms with Crippen LogP contribution in [0.2, 0.25) is 0 Å². The van der Waals surface area contributed by atoms with Crippen molar-refractivity contribution in [2.75, 3.05) is 0 Å². The van der Waals surface area contributed by atoms with Gasteiger partial charge in [0.2, 0.25) is 0 Å². The molecule has 0 aliphatic rings. The maximum atomic E-state index is 11.1. The Balaban J connectivity index is 2.29. The first-order valence-corrected chi connectivity index (χ1v) is 5.55. The number of benzene rings is 1. The number of carbonyl (C=O) groups excluding carboxylic acids is 1. The largest absolute Gasteiger partial charge is 0.491 e.